The van der Waals surface area contributed by atoms with Gasteiger partial charge in [0.2, 0.25) is 0 Å². The van der Waals surface area contributed by atoms with Crippen molar-refractivity contribution in [3.8, 4) is 5.75 Å². The Balaban J connectivity index is 1.88. The molecule has 1 N–H and O–H groups in total. The molecule has 0 aromatic heterocycles. The van der Waals surface area contributed by atoms with Crippen LogP contribution in [0.2, 0.25) is 0 Å². The minimum atomic E-state index is -0.434. The van der Waals surface area contributed by atoms with Gasteiger partial charge in [0.15, 0.2) is 6.61 Å². The molecule has 0 heterocycles. The molecule has 1 amide bonds. The predicted octanol–water partition coefficient (Wildman–Crippen LogP) is 4.37. The van der Waals surface area contributed by atoms with Gasteiger partial charge in [-0.1, -0.05) is 15.9 Å². The van der Waals surface area contributed by atoms with E-state index in [1.807, 2.05) is 12.1 Å². The Bertz CT molecular complexity index is 617. The fourth-order valence-electron chi connectivity index (χ4n) is 1.45. The second kappa shape index (κ2) is 6.85. The first-order valence-corrected chi connectivity index (χ1v) is 7.26. The molecule has 0 aliphatic heterocycles. The summed E-state index contributed by atoms with van der Waals surface area (Å²) in [6.45, 7) is -0.183. The van der Waals surface area contributed by atoms with Gasteiger partial charge >= 0.3 is 0 Å². The minimum absolute atomic E-state index is 0.183. The number of halogens is 3. The molecule has 0 atom stereocenters. The quantitative estimate of drug-likeness (QED) is 0.824. The molecule has 0 fully saturated rings. The van der Waals surface area contributed by atoms with Crippen molar-refractivity contribution in [3.63, 3.8) is 0 Å². The minimum Gasteiger partial charge on any atom is -0.484 e. The average Bonchev–Trinajstić information content (AvgIpc) is 2.43. The molecule has 0 unspecified atom stereocenters. The number of benzene rings is 2. The maximum atomic E-state index is 13.3. The van der Waals surface area contributed by atoms with Crippen molar-refractivity contribution in [3.05, 3.63) is 57.2 Å². The monoisotopic (exact) mass is 401 g/mol. The van der Waals surface area contributed by atoms with Gasteiger partial charge in [0.05, 0.1) is 4.47 Å². The summed E-state index contributed by atoms with van der Waals surface area (Å²) < 4.78 is 19.8. The number of carbonyl (C=O) groups is 1. The molecule has 20 heavy (non-hydrogen) atoms. The zero-order chi connectivity index (χ0) is 14.5. The Morgan fingerprint density at radius 2 is 1.85 bits per heavy atom. The molecule has 0 aliphatic rings. The SMILES string of the molecule is O=C(COc1ccc(Br)c(F)c1)Nc1ccc(Br)cc1. The first-order chi connectivity index (χ1) is 9.54. The Morgan fingerprint density at radius 1 is 1.15 bits per heavy atom. The second-order valence-electron chi connectivity index (χ2n) is 3.92. The highest BCUT2D eigenvalue weighted by Gasteiger charge is 2.06. The van der Waals surface area contributed by atoms with Crippen LogP contribution < -0.4 is 10.1 Å². The number of hydrogen-bond donors (Lipinski definition) is 1. The maximum Gasteiger partial charge on any atom is 0.262 e. The van der Waals surface area contributed by atoms with Gasteiger partial charge in [-0.25, -0.2) is 4.39 Å². The average molecular weight is 403 g/mol. The molecular formula is C14H10Br2FNO2. The van der Waals surface area contributed by atoms with E-state index in [-0.39, 0.29) is 12.5 Å². The molecule has 0 saturated carbocycles. The molecule has 0 saturated heterocycles. The van der Waals surface area contributed by atoms with Gasteiger partial charge in [-0.3, -0.25) is 4.79 Å². The number of nitrogens with one attached hydrogen (secondary N) is 1. The third kappa shape index (κ3) is 4.31. The lowest BCUT2D eigenvalue weighted by molar-refractivity contribution is -0.118. The number of ether oxygens (including phenoxy) is 1. The van der Waals surface area contributed by atoms with Crippen molar-refractivity contribution < 1.29 is 13.9 Å². The lowest BCUT2D eigenvalue weighted by Gasteiger charge is -2.08. The Kier molecular flexibility index (Phi) is 5.14. The molecule has 2 aromatic rings. The highest BCUT2D eigenvalue weighted by molar-refractivity contribution is 9.10. The summed E-state index contributed by atoms with van der Waals surface area (Å²) in [5.41, 5.74) is 0.670. The largest absolute Gasteiger partial charge is 0.484 e. The second-order valence-corrected chi connectivity index (χ2v) is 5.69. The van der Waals surface area contributed by atoms with Crippen LogP contribution in [0.4, 0.5) is 10.1 Å². The summed E-state index contributed by atoms with van der Waals surface area (Å²) in [7, 11) is 0. The lowest BCUT2D eigenvalue weighted by Crippen LogP contribution is -2.20. The molecule has 0 spiro atoms. The summed E-state index contributed by atoms with van der Waals surface area (Å²) in [6, 6.07) is 11.5. The van der Waals surface area contributed by atoms with Crippen LogP contribution in [0, 0.1) is 5.82 Å². The van der Waals surface area contributed by atoms with Crippen LogP contribution >= 0.6 is 31.9 Å². The lowest BCUT2D eigenvalue weighted by atomic mass is 10.3. The molecule has 3 nitrogen and oxygen atoms in total. The number of rotatable bonds is 4. The van der Waals surface area contributed by atoms with Crippen LogP contribution in [0.1, 0.15) is 0 Å². The van der Waals surface area contributed by atoms with E-state index in [2.05, 4.69) is 37.2 Å². The van der Waals surface area contributed by atoms with Crippen LogP contribution in [-0.4, -0.2) is 12.5 Å². The van der Waals surface area contributed by atoms with Gasteiger partial charge in [0.1, 0.15) is 11.6 Å². The Labute approximate surface area is 132 Å². The fourth-order valence-corrected chi connectivity index (χ4v) is 1.96. The van der Waals surface area contributed by atoms with Gasteiger partial charge in [0.25, 0.3) is 5.91 Å². The smallest absolute Gasteiger partial charge is 0.262 e. The van der Waals surface area contributed by atoms with Crippen molar-refractivity contribution in [1.82, 2.24) is 0 Å². The zero-order valence-corrected chi connectivity index (χ0v) is 13.4. The molecule has 0 radical (unpaired) electrons. The highest BCUT2D eigenvalue weighted by atomic mass is 79.9. The molecule has 0 bridgehead atoms. The molecule has 2 aromatic carbocycles. The van der Waals surface area contributed by atoms with Gasteiger partial charge < -0.3 is 10.1 Å². The summed E-state index contributed by atoms with van der Waals surface area (Å²) in [4.78, 5) is 11.7. The molecular weight excluding hydrogens is 393 g/mol. The molecule has 0 aliphatic carbocycles. The van der Waals surface area contributed by atoms with Crippen LogP contribution in [0.3, 0.4) is 0 Å². The van der Waals surface area contributed by atoms with Crippen molar-refractivity contribution in [2.45, 2.75) is 0 Å². The maximum absolute atomic E-state index is 13.3. The fraction of sp³-hybridized carbons (Fsp3) is 0.0714. The predicted molar refractivity (Wildman–Crippen MR) is 82.4 cm³/mol. The first kappa shape index (κ1) is 15.0. The van der Waals surface area contributed by atoms with Gasteiger partial charge in [-0.2, -0.15) is 0 Å². The molecule has 2 rings (SSSR count). The van der Waals surface area contributed by atoms with Gasteiger partial charge in [-0.15, -0.1) is 0 Å². The van der Waals surface area contributed by atoms with Crippen LogP contribution in [0.5, 0.6) is 5.75 Å². The van der Waals surface area contributed by atoms with Crippen LogP contribution in [0.25, 0.3) is 0 Å². The number of anilines is 1. The van der Waals surface area contributed by atoms with Crippen LogP contribution in [0.15, 0.2) is 51.4 Å². The van der Waals surface area contributed by atoms with E-state index in [0.717, 1.165) is 4.47 Å². The Hall–Kier alpha value is -1.40. The highest BCUT2D eigenvalue weighted by Crippen LogP contribution is 2.21. The van der Waals surface area contributed by atoms with Crippen molar-refractivity contribution in [1.29, 1.82) is 0 Å². The topological polar surface area (TPSA) is 38.3 Å². The zero-order valence-electron chi connectivity index (χ0n) is 10.2. The van der Waals surface area contributed by atoms with E-state index in [4.69, 9.17) is 4.74 Å². The van der Waals surface area contributed by atoms with E-state index >= 15 is 0 Å². The number of amides is 1. The number of carbonyl (C=O) groups excluding carboxylic acids is 1. The van der Waals surface area contributed by atoms with Gasteiger partial charge in [0, 0.05) is 16.2 Å². The molecule has 104 valence electrons. The normalized spacial score (nSPS) is 10.2. The van der Waals surface area contributed by atoms with Crippen molar-refractivity contribution in [2.75, 3.05) is 11.9 Å². The van der Waals surface area contributed by atoms with E-state index < -0.39 is 5.82 Å². The number of hydrogen-bond acceptors (Lipinski definition) is 2. The summed E-state index contributed by atoms with van der Waals surface area (Å²) >= 11 is 6.35. The van der Waals surface area contributed by atoms with Crippen molar-refractivity contribution >= 4 is 43.5 Å². The van der Waals surface area contributed by atoms with Crippen LogP contribution in [-0.2, 0) is 4.79 Å². The van der Waals surface area contributed by atoms with E-state index in [9.17, 15) is 9.18 Å². The molecule has 6 heteroatoms. The summed E-state index contributed by atoms with van der Waals surface area (Å²) in [6.07, 6.45) is 0. The van der Waals surface area contributed by atoms with E-state index in [1.54, 1.807) is 18.2 Å². The van der Waals surface area contributed by atoms with Gasteiger partial charge in [-0.05, 0) is 52.3 Å². The van der Waals surface area contributed by atoms with E-state index in [0.29, 0.717) is 15.9 Å². The Morgan fingerprint density at radius 3 is 2.50 bits per heavy atom. The standard InChI is InChI=1S/C14H10Br2FNO2/c15-9-1-3-10(4-2-9)18-14(19)8-20-11-5-6-12(16)13(17)7-11/h1-7H,8H2,(H,18,19). The summed E-state index contributed by atoms with van der Waals surface area (Å²) in [5.74, 6) is -0.442. The third-order valence-electron chi connectivity index (χ3n) is 2.39. The summed E-state index contributed by atoms with van der Waals surface area (Å²) in [5, 5.41) is 2.68. The van der Waals surface area contributed by atoms with Crippen molar-refractivity contribution in [2.24, 2.45) is 0 Å². The third-order valence-corrected chi connectivity index (χ3v) is 3.56. The van der Waals surface area contributed by atoms with E-state index in [1.165, 1.54) is 12.1 Å². The first-order valence-electron chi connectivity index (χ1n) is 5.68.